The van der Waals surface area contributed by atoms with Gasteiger partial charge in [-0.15, -0.1) is 0 Å². The number of rotatable bonds is 11. The van der Waals surface area contributed by atoms with Gasteiger partial charge in [-0.3, -0.25) is 13.9 Å². The van der Waals surface area contributed by atoms with Crippen LogP contribution in [0.1, 0.15) is 32.8 Å². The average Bonchev–Trinajstić information content (AvgIpc) is 2.77. The van der Waals surface area contributed by atoms with Crippen LogP contribution in [0.15, 0.2) is 53.0 Å². The van der Waals surface area contributed by atoms with Crippen molar-refractivity contribution in [1.82, 2.24) is 10.2 Å². The minimum absolute atomic E-state index is 0.104. The Labute approximate surface area is 210 Å². The fourth-order valence-electron chi connectivity index (χ4n) is 3.48. The van der Waals surface area contributed by atoms with Crippen molar-refractivity contribution >= 4 is 43.5 Å². The third-order valence-electron chi connectivity index (χ3n) is 5.13. The van der Waals surface area contributed by atoms with Crippen LogP contribution in [0.25, 0.3) is 0 Å². The second-order valence-corrected chi connectivity index (χ2v) is 10.9. The van der Waals surface area contributed by atoms with Crippen molar-refractivity contribution in [3.8, 4) is 5.75 Å². The Morgan fingerprint density at radius 3 is 2.21 bits per heavy atom. The Kier molecular flexibility index (Phi) is 9.93. The Morgan fingerprint density at radius 1 is 1.09 bits per heavy atom. The molecule has 0 unspecified atom stereocenters. The topological polar surface area (TPSA) is 96.0 Å². The Morgan fingerprint density at radius 2 is 1.71 bits per heavy atom. The molecule has 2 rings (SSSR count). The van der Waals surface area contributed by atoms with Crippen LogP contribution in [-0.4, -0.2) is 57.1 Å². The number of nitrogens with zero attached hydrogens (tertiary/aromatic N) is 2. The van der Waals surface area contributed by atoms with Crippen LogP contribution >= 0.6 is 15.9 Å². The summed E-state index contributed by atoms with van der Waals surface area (Å²) in [6, 6.07) is 13.1. The molecule has 0 spiro atoms. The minimum Gasteiger partial charge on any atom is -0.497 e. The number of amides is 2. The summed E-state index contributed by atoms with van der Waals surface area (Å²) >= 11 is 3.37. The van der Waals surface area contributed by atoms with Gasteiger partial charge < -0.3 is 15.0 Å². The van der Waals surface area contributed by atoms with E-state index in [0.717, 1.165) is 16.1 Å². The maximum absolute atomic E-state index is 13.6. The van der Waals surface area contributed by atoms with E-state index >= 15 is 0 Å². The highest BCUT2D eigenvalue weighted by molar-refractivity contribution is 9.10. The van der Waals surface area contributed by atoms with Gasteiger partial charge in [-0.1, -0.05) is 31.2 Å². The summed E-state index contributed by atoms with van der Waals surface area (Å²) in [5.74, 6) is -0.0997. The number of hydrogen-bond acceptors (Lipinski definition) is 5. The van der Waals surface area contributed by atoms with Crippen molar-refractivity contribution in [3.63, 3.8) is 0 Å². The summed E-state index contributed by atoms with van der Waals surface area (Å²) in [7, 11) is -2.22. The van der Waals surface area contributed by atoms with Gasteiger partial charge in [0.1, 0.15) is 18.3 Å². The molecule has 2 aromatic carbocycles. The van der Waals surface area contributed by atoms with Gasteiger partial charge >= 0.3 is 0 Å². The monoisotopic (exact) mass is 553 g/mol. The molecule has 0 bridgehead atoms. The molecule has 0 heterocycles. The number of sulfonamides is 1. The number of ether oxygens (including phenoxy) is 1. The maximum atomic E-state index is 13.6. The molecule has 0 aliphatic heterocycles. The van der Waals surface area contributed by atoms with Crippen LogP contribution in [0.4, 0.5) is 5.69 Å². The largest absolute Gasteiger partial charge is 0.497 e. The van der Waals surface area contributed by atoms with Gasteiger partial charge in [0.2, 0.25) is 21.8 Å². The van der Waals surface area contributed by atoms with Gasteiger partial charge in [0.25, 0.3) is 0 Å². The van der Waals surface area contributed by atoms with Gasteiger partial charge in [-0.05, 0) is 66.0 Å². The normalized spacial score (nSPS) is 12.2. The Bertz CT molecular complexity index is 1090. The van der Waals surface area contributed by atoms with Crippen molar-refractivity contribution in [1.29, 1.82) is 0 Å². The molecule has 0 saturated heterocycles. The highest BCUT2D eigenvalue weighted by Gasteiger charge is 2.32. The van der Waals surface area contributed by atoms with E-state index in [9.17, 15) is 18.0 Å². The second-order valence-electron chi connectivity index (χ2n) is 8.18. The van der Waals surface area contributed by atoms with Crippen LogP contribution in [0.5, 0.6) is 5.75 Å². The first kappa shape index (κ1) is 27.7. The van der Waals surface area contributed by atoms with Crippen molar-refractivity contribution in [2.45, 2.75) is 45.8 Å². The number of anilines is 1. The Hall–Kier alpha value is -2.59. The van der Waals surface area contributed by atoms with Gasteiger partial charge in [0, 0.05) is 17.1 Å². The van der Waals surface area contributed by atoms with Crippen LogP contribution in [-0.2, 0) is 26.2 Å². The van der Waals surface area contributed by atoms with E-state index in [1.807, 2.05) is 32.9 Å². The van der Waals surface area contributed by atoms with E-state index in [0.29, 0.717) is 22.3 Å². The molecule has 1 N–H and O–H groups in total. The van der Waals surface area contributed by atoms with E-state index in [1.165, 1.54) is 4.90 Å². The van der Waals surface area contributed by atoms with Gasteiger partial charge in [0.05, 0.1) is 19.1 Å². The summed E-state index contributed by atoms with van der Waals surface area (Å²) in [6.07, 6.45) is 1.42. The lowest BCUT2D eigenvalue weighted by molar-refractivity contribution is -0.140. The van der Waals surface area contributed by atoms with Crippen LogP contribution in [0.3, 0.4) is 0 Å². The van der Waals surface area contributed by atoms with Crippen molar-refractivity contribution < 1.29 is 22.7 Å². The van der Waals surface area contributed by atoms with Crippen molar-refractivity contribution in [2.75, 3.05) is 24.2 Å². The molecule has 2 aromatic rings. The standard InChI is InChI=1S/C24H32BrN3O5S/c1-6-21(24(30)26-17(2)3)27(15-18-11-13-19(33-4)14-12-18)23(29)16-28(34(5,31)32)22-10-8-7-9-20(22)25/h7-14,17,21H,6,15-16H2,1-5H3,(H,26,30)/t21-/m0/s1. The fourth-order valence-corrected chi connectivity index (χ4v) is 4.95. The number of methoxy groups -OCH3 is 1. The molecule has 186 valence electrons. The fraction of sp³-hybridized carbons (Fsp3) is 0.417. The van der Waals surface area contributed by atoms with Crippen molar-refractivity contribution in [3.05, 3.63) is 58.6 Å². The molecule has 8 nitrogen and oxygen atoms in total. The van der Waals surface area contributed by atoms with E-state index in [4.69, 9.17) is 4.74 Å². The summed E-state index contributed by atoms with van der Waals surface area (Å²) in [6.45, 7) is 5.21. The maximum Gasteiger partial charge on any atom is 0.244 e. The number of carbonyl (C=O) groups excluding carboxylic acids is 2. The number of para-hydroxylation sites is 1. The van der Waals surface area contributed by atoms with E-state index < -0.39 is 28.5 Å². The molecule has 0 aliphatic rings. The average molecular weight is 555 g/mol. The van der Waals surface area contributed by atoms with Gasteiger partial charge in [-0.25, -0.2) is 8.42 Å². The second kappa shape index (κ2) is 12.2. The lowest BCUT2D eigenvalue weighted by Crippen LogP contribution is -2.53. The quantitative estimate of drug-likeness (QED) is 0.459. The number of benzene rings is 2. The molecule has 0 saturated carbocycles. The first-order valence-corrected chi connectivity index (χ1v) is 13.6. The lowest BCUT2D eigenvalue weighted by Gasteiger charge is -2.33. The summed E-state index contributed by atoms with van der Waals surface area (Å²) in [5, 5.41) is 2.87. The predicted octanol–water partition coefficient (Wildman–Crippen LogP) is 3.56. The molecule has 2 amide bonds. The zero-order valence-electron chi connectivity index (χ0n) is 20.1. The van der Waals surface area contributed by atoms with Crippen LogP contribution < -0.4 is 14.4 Å². The molecule has 1 atom stereocenters. The first-order chi connectivity index (χ1) is 16.0. The highest BCUT2D eigenvalue weighted by atomic mass is 79.9. The zero-order valence-corrected chi connectivity index (χ0v) is 22.5. The molecule has 10 heteroatoms. The Balaban J connectivity index is 2.44. The van der Waals surface area contributed by atoms with Crippen LogP contribution in [0, 0.1) is 0 Å². The summed E-state index contributed by atoms with van der Waals surface area (Å²) in [5.41, 5.74) is 1.14. The SMILES string of the molecule is CC[C@@H](C(=O)NC(C)C)N(Cc1ccc(OC)cc1)C(=O)CN(c1ccccc1Br)S(C)(=O)=O. The summed E-state index contributed by atoms with van der Waals surface area (Å²) < 4.78 is 32.1. The zero-order chi connectivity index (χ0) is 25.5. The summed E-state index contributed by atoms with van der Waals surface area (Å²) in [4.78, 5) is 28.0. The van der Waals surface area contributed by atoms with E-state index in [-0.39, 0.29) is 18.5 Å². The molecule has 34 heavy (non-hydrogen) atoms. The lowest BCUT2D eigenvalue weighted by atomic mass is 10.1. The molecule has 0 radical (unpaired) electrons. The number of carbonyl (C=O) groups is 2. The van der Waals surface area contributed by atoms with Crippen LogP contribution in [0.2, 0.25) is 0 Å². The van der Waals surface area contributed by atoms with E-state index in [1.54, 1.807) is 43.5 Å². The van der Waals surface area contributed by atoms with Crippen molar-refractivity contribution in [2.24, 2.45) is 0 Å². The smallest absolute Gasteiger partial charge is 0.244 e. The third kappa shape index (κ3) is 7.46. The minimum atomic E-state index is -3.78. The van der Waals surface area contributed by atoms with Gasteiger partial charge in [0.15, 0.2) is 0 Å². The number of halogens is 1. The third-order valence-corrected chi connectivity index (χ3v) is 6.93. The first-order valence-electron chi connectivity index (χ1n) is 10.9. The molecule has 0 aliphatic carbocycles. The number of hydrogen-bond donors (Lipinski definition) is 1. The molecule has 0 fully saturated rings. The highest BCUT2D eigenvalue weighted by Crippen LogP contribution is 2.28. The molecular weight excluding hydrogens is 522 g/mol. The molecule has 0 aromatic heterocycles. The number of nitrogens with one attached hydrogen (secondary N) is 1. The molecular formula is C24H32BrN3O5S. The predicted molar refractivity (Wildman–Crippen MR) is 137 cm³/mol. The van der Waals surface area contributed by atoms with E-state index in [2.05, 4.69) is 21.2 Å². The van der Waals surface area contributed by atoms with Gasteiger partial charge in [-0.2, -0.15) is 0 Å².